The molecule has 0 aromatic heterocycles. The summed E-state index contributed by atoms with van der Waals surface area (Å²) in [5.41, 5.74) is 10.8. The van der Waals surface area contributed by atoms with E-state index >= 15 is 0 Å². The van der Waals surface area contributed by atoms with Gasteiger partial charge >= 0.3 is 5.97 Å². The van der Waals surface area contributed by atoms with Crippen LogP contribution in [-0.4, -0.2) is 24.0 Å². The molecule has 0 radical (unpaired) electrons. The number of hydrogen-bond donors (Lipinski definition) is 2. The lowest BCUT2D eigenvalue weighted by atomic mass is 9.75. The molecule has 0 aliphatic heterocycles. The predicted molar refractivity (Wildman–Crippen MR) is 77.6 cm³/mol. The minimum atomic E-state index is -0.757. The fraction of sp³-hybridized carbons (Fsp3) is 0.867. The number of carbonyl (C=O) groups is 2. The molecule has 0 spiro atoms. The Morgan fingerprint density at radius 1 is 1.30 bits per heavy atom. The van der Waals surface area contributed by atoms with E-state index in [1.165, 1.54) is 6.42 Å². The summed E-state index contributed by atoms with van der Waals surface area (Å²) in [5.74, 6) is 0.612. The molecule has 0 saturated heterocycles. The van der Waals surface area contributed by atoms with Crippen LogP contribution in [-0.2, 0) is 14.3 Å². The van der Waals surface area contributed by atoms with E-state index in [-0.39, 0.29) is 18.9 Å². The summed E-state index contributed by atoms with van der Waals surface area (Å²) in [5, 5.41) is 0. The lowest BCUT2D eigenvalue weighted by Gasteiger charge is -2.37. The Morgan fingerprint density at radius 3 is 2.50 bits per heavy atom. The summed E-state index contributed by atoms with van der Waals surface area (Å²) >= 11 is 0. The Labute approximate surface area is 121 Å². The number of carbonyl (C=O) groups excluding carboxylic acids is 2. The minimum absolute atomic E-state index is 0.0501. The third-order valence-electron chi connectivity index (χ3n) is 4.23. The zero-order valence-corrected chi connectivity index (χ0v) is 12.8. The number of primary amides is 1. The molecule has 4 unspecified atom stereocenters. The smallest absolute Gasteiger partial charge is 0.323 e. The van der Waals surface area contributed by atoms with Gasteiger partial charge in [0.25, 0.3) is 0 Å². The van der Waals surface area contributed by atoms with Crippen LogP contribution in [0.1, 0.15) is 52.9 Å². The van der Waals surface area contributed by atoms with Gasteiger partial charge in [-0.3, -0.25) is 9.59 Å². The quantitative estimate of drug-likeness (QED) is 0.724. The molecule has 1 amide bonds. The molecule has 0 heterocycles. The highest BCUT2D eigenvalue weighted by Gasteiger charge is 2.34. The van der Waals surface area contributed by atoms with Crippen LogP contribution in [0.2, 0.25) is 0 Å². The summed E-state index contributed by atoms with van der Waals surface area (Å²) in [6.45, 7) is 6.51. The highest BCUT2D eigenvalue weighted by atomic mass is 16.5. The number of ether oxygens (including phenoxy) is 1. The summed E-state index contributed by atoms with van der Waals surface area (Å²) in [7, 11) is 0. The topological polar surface area (TPSA) is 95.4 Å². The van der Waals surface area contributed by atoms with Gasteiger partial charge in [-0.1, -0.05) is 27.2 Å². The summed E-state index contributed by atoms with van der Waals surface area (Å²) in [6, 6.07) is -0.757. The molecule has 1 rings (SSSR count). The molecule has 1 saturated carbocycles. The van der Waals surface area contributed by atoms with Crippen molar-refractivity contribution in [2.45, 2.75) is 65.0 Å². The zero-order chi connectivity index (χ0) is 15.3. The fourth-order valence-electron chi connectivity index (χ4n) is 2.90. The summed E-state index contributed by atoms with van der Waals surface area (Å²) < 4.78 is 5.61. The van der Waals surface area contributed by atoms with Crippen molar-refractivity contribution in [1.82, 2.24) is 0 Å². The molecule has 0 bridgehead atoms. The number of hydrogen-bond acceptors (Lipinski definition) is 4. The van der Waals surface area contributed by atoms with Gasteiger partial charge in [0.2, 0.25) is 5.91 Å². The van der Waals surface area contributed by atoms with E-state index in [9.17, 15) is 9.59 Å². The van der Waals surface area contributed by atoms with Crippen molar-refractivity contribution >= 4 is 11.9 Å². The van der Waals surface area contributed by atoms with E-state index in [1.54, 1.807) is 0 Å². The number of rotatable bonds is 6. The first-order valence-corrected chi connectivity index (χ1v) is 7.55. The van der Waals surface area contributed by atoms with Gasteiger partial charge in [0, 0.05) is 6.42 Å². The van der Waals surface area contributed by atoms with Gasteiger partial charge in [-0.05, 0) is 37.0 Å². The van der Waals surface area contributed by atoms with E-state index in [1.807, 2.05) is 0 Å². The molecule has 4 N–H and O–H groups in total. The van der Waals surface area contributed by atoms with Crippen molar-refractivity contribution in [1.29, 1.82) is 0 Å². The van der Waals surface area contributed by atoms with Crippen LogP contribution < -0.4 is 11.5 Å². The van der Waals surface area contributed by atoms with Gasteiger partial charge in [-0.25, -0.2) is 0 Å². The van der Waals surface area contributed by atoms with E-state index in [4.69, 9.17) is 16.2 Å². The van der Waals surface area contributed by atoms with Gasteiger partial charge in [0.1, 0.15) is 12.1 Å². The van der Waals surface area contributed by atoms with Crippen LogP contribution in [0, 0.1) is 17.8 Å². The van der Waals surface area contributed by atoms with Crippen LogP contribution in [0.4, 0.5) is 0 Å². The average Bonchev–Trinajstić information content (AvgIpc) is 2.35. The van der Waals surface area contributed by atoms with Crippen molar-refractivity contribution in [3.63, 3.8) is 0 Å². The van der Waals surface area contributed by atoms with Crippen LogP contribution in [0.3, 0.4) is 0 Å². The van der Waals surface area contributed by atoms with E-state index in [0.29, 0.717) is 17.8 Å². The molecule has 1 aliphatic carbocycles. The zero-order valence-electron chi connectivity index (χ0n) is 12.8. The van der Waals surface area contributed by atoms with Gasteiger partial charge in [-0.2, -0.15) is 0 Å². The fourth-order valence-corrected chi connectivity index (χ4v) is 2.90. The van der Waals surface area contributed by atoms with Gasteiger partial charge in [0.05, 0.1) is 0 Å². The molecule has 5 heteroatoms. The van der Waals surface area contributed by atoms with Crippen molar-refractivity contribution in [2.24, 2.45) is 29.2 Å². The molecule has 5 nitrogen and oxygen atoms in total. The molecule has 116 valence electrons. The predicted octanol–water partition coefficient (Wildman–Crippen LogP) is 1.58. The lowest BCUT2D eigenvalue weighted by molar-refractivity contribution is -0.157. The highest BCUT2D eigenvalue weighted by molar-refractivity contribution is 5.78. The van der Waals surface area contributed by atoms with Crippen LogP contribution in [0.15, 0.2) is 0 Å². The molecule has 1 aliphatic rings. The minimum Gasteiger partial charge on any atom is -0.461 e. The Balaban J connectivity index is 2.54. The lowest BCUT2D eigenvalue weighted by Crippen LogP contribution is -2.41. The Morgan fingerprint density at radius 2 is 1.95 bits per heavy atom. The van der Waals surface area contributed by atoms with E-state index in [0.717, 1.165) is 12.8 Å². The number of nitrogens with two attached hydrogens (primary N) is 2. The molecule has 1 fully saturated rings. The van der Waals surface area contributed by atoms with Crippen molar-refractivity contribution in [2.75, 3.05) is 0 Å². The van der Waals surface area contributed by atoms with E-state index in [2.05, 4.69) is 20.8 Å². The molecule has 0 aromatic carbocycles. The maximum atomic E-state index is 12.0. The number of amides is 1. The average molecular weight is 284 g/mol. The molecule has 4 atom stereocenters. The monoisotopic (exact) mass is 284 g/mol. The molecule has 0 aromatic rings. The highest BCUT2D eigenvalue weighted by Crippen LogP contribution is 2.35. The third-order valence-corrected chi connectivity index (χ3v) is 4.23. The number of esters is 1. The molecular weight excluding hydrogens is 256 g/mol. The maximum Gasteiger partial charge on any atom is 0.323 e. The summed E-state index contributed by atoms with van der Waals surface area (Å²) in [4.78, 5) is 22.7. The SMILES string of the molecule is CC1CCC(C(C)C)C(OC(=O)C(N)CCC(N)=O)C1. The molecule has 20 heavy (non-hydrogen) atoms. The largest absolute Gasteiger partial charge is 0.461 e. The summed E-state index contributed by atoms with van der Waals surface area (Å²) in [6.07, 6.45) is 3.49. The second-order valence-corrected chi connectivity index (χ2v) is 6.41. The first-order chi connectivity index (χ1) is 9.31. The first kappa shape index (κ1) is 17.0. The van der Waals surface area contributed by atoms with Crippen molar-refractivity contribution in [3.8, 4) is 0 Å². The Kier molecular flexibility index (Phi) is 6.46. The van der Waals surface area contributed by atoms with Crippen LogP contribution >= 0.6 is 0 Å². The van der Waals surface area contributed by atoms with Gasteiger partial charge in [-0.15, -0.1) is 0 Å². The van der Waals surface area contributed by atoms with Gasteiger partial charge < -0.3 is 16.2 Å². The second kappa shape index (κ2) is 7.62. The van der Waals surface area contributed by atoms with E-state index < -0.39 is 17.9 Å². The Bertz CT molecular complexity index is 344. The third kappa shape index (κ3) is 5.12. The van der Waals surface area contributed by atoms with Crippen molar-refractivity contribution in [3.05, 3.63) is 0 Å². The van der Waals surface area contributed by atoms with Crippen molar-refractivity contribution < 1.29 is 14.3 Å². The second-order valence-electron chi connectivity index (χ2n) is 6.41. The first-order valence-electron chi connectivity index (χ1n) is 7.55. The normalized spacial score (nSPS) is 28.1. The van der Waals surface area contributed by atoms with Gasteiger partial charge in [0.15, 0.2) is 0 Å². The Hall–Kier alpha value is -1.10. The van der Waals surface area contributed by atoms with Crippen LogP contribution in [0.5, 0.6) is 0 Å². The molecular formula is C15H28N2O3. The van der Waals surface area contributed by atoms with Crippen LogP contribution in [0.25, 0.3) is 0 Å². The standard InChI is InChI=1S/C15H28N2O3/c1-9(2)11-5-4-10(3)8-13(11)20-15(19)12(16)6-7-14(17)18/h9-13H,4-8,16H2,1-3H3,(H2,17,18). The maximum absolute atomic E-state index is 12.0.